The summed E-state index contributed by atoms with van der Waals surface area (Å²) in [7, 11) is 0. The van der Waals surface area contributed by atoms with Gasteiger partial charge in [0.05, 0.1) is 39.8 Å². The minimum Gasteiger partial charge on any atom is -0.389 e. The molecule has 0 bridgehead atoms. The number of aromatic nitrogens is 6. The molecule has 0 unspecified atom stereocenters. The van der Waals surface area contributed by atoms with E-state index in [-0.39, 0.29) is 0 Å². The monoisotopic (exact) mass is 578 g/mol. The maximum atomic E-state index is 12.5. The third kappa shape index (κ3) is 7.07. The molecular formula is C37H34N6O. The lowest BCUT2D eigenvalue weighted by Gasteiger charge is -2.29. The van der Waals surface area contributed by atoms with Crippen LogP contribution in [-0.2, 0) is 19.3 Å². The highest BCUT2D eigenvalue weighted by molar-refractivity contribution is 5.58. The molecule has 0 atom stereocenters. The van der Waals surface area contributed by atoms with E-state index in [0.29, 0.717) is 19.3 Å². The van der Waals surface area contributed by atoms with Crippen LogP contribution in [0.5, 0.6) is 0 Å². The molecule has 6 aromatic heterocycles. The molecule has 0 spiro atoms. The van der Waals surface area contributed by atoms with Gasteiger partial charge in [0.1, 0.15) is 0 Å². The van der Waals surface area contributed by atoms with E-state index in [9.17, 15) is 5.11 Å². The third-order valence-corrected chi connectivity index (χ3v) is 7.61. The van der Waals surface area contributed by atoms with Crippen molar-refractivity contribution in [2.75, 3.05) is 0 Å². The number of pyridine rings is 6. The Morgan fingerprint density at radius 2 is 0.659 bits per heavy atom. The van der Waals surface area contributed by atoms with Crippen molar-refractivity contribution >= 4 is 0 Å². The topological polar surface area (TPSA) is 97.6 Å². The van der Waals surface area contributed by atoms with Crippen molar-refractivity contribution in [3.63, 3.8) is 0 Å². The fraction of sp³-hybridized carbons (Fsp3) is 0.189. The fourth-order valence-corrected chi connectivity index (χ4v) is 5.53. The zero-order valence-corrected chi connectivity index (χ0v) is 25.1. The van der Waals surface area contributed by atoms with Crippen LogP contribution in [0.25, 0.3) is 34.2 Å². The SMILES string of the molecule is Cc1ccnc(-c2cc(CC(O)(Cc3ccnc(-c4cc(C)ccn4)c3)Cc3ccnc(-c4cc(C)ccn4)c3)ccn2)c1. The molecule has 0 radical (unpaired) electrons. The molecule has 6 aromatic rings. The lowest BCUT2D eigenvalue weighted by molar-refractivity contribution is 0.0411. The van der Waals surface area contributed by atoms with Crippen LogP contribution in [0.2, 0.25) is 0 Å². The second-order valence-corrected chi connectivity index (χ2v) is 11.6. The van der Waals surface area contributed by atoms with Crippen molar-refractivity contribution < 1.29 is 5.11 Å². The van der Waals surface area contributed by atoms with Crippen molar-refractivity contribution in [2.45, 2.75) is 45.6 Å². The average Bonchev–Trinajstić information content (AvgIpc) is 3.01. The molecule has 44 heavy (non-hydrogen) atoms. The van der Waals surface area contributed by atoms with Crippen molar-refractivity contribution in [1.82, 2.24) is 29.9 Å². The average molecular weight is 579 g/mol. The summed E-state index contributed by atoms with van der Waals surface area (Å²) in [5.41, 5.74) is 9.92. The summed E-state index contributed by atoms with van der Waals surface area (Å²) in [6.07, 6.45) is 12.0. The molecule has 0 aliphatic heterocycles. The molecule has 7 heteroatoms. The van der Waals surface area contributed by atoms with Crippen LogP contribution >= 0.6 is 0 Å². The van der Waals surface area contributed by atoms with E-state index in [1.54, 1.807) is 37.2 Å². The van der Waals surface area contributed by atoms with Gasteiger partial charge < -0.3 is 5.11 Å². The van der Waals surface area contributed by atoms with Crippen LogP contribution < -0.4 is 0 Å². The first-order chi connectivity index (χ1) is 21.3. The molecule has 0 aromatic carbocycles. The van der Waals surface area contributed by atoms with Gasteiger partial charge in [-0.3, -0.25) is 29.9 Å². The first kappa shape index (κ1) is 29.0. The molecule has 0 amide bonds. The largest absolute Gasteiger partial charge is 0.389 e. The molecule has 0 fully saturated rings. The van der Waals surface area contributed by atoms with Crippen molar-refractivity contribution in [3.05, 3.63) is 143 Å². The lowest BCUT2D eigenvalue weighted by atomic mass is 9.83. The number of hydrogen-bond acceptors (Lipinski definition) is 7. The van der Waals surface area contributed by atoms with Gasteiger partial charge in [-0.05, 0) is 127 Å². The Morgan fingerprint density at radius 1 is 0.409 bits per heavy atom. The van der Waals surface area contributed by atoms with Gasteiger partial charge in [0.25, 0.3) is 0 Å². The van der Waals surface area contributed by atoms with E-state index in [2.05, 4.69) is 29.9 Å². The highest BCUT2D eigenvalue weighted by Crippen LogP contribution is 2.28. The molecule has 0 aliphatic rings. The normalized spacial score (nSPS) is 11.5. The molecule has 7 nitrogen and oxygen atoms in total. The zero-order valence-electron chi connectivity index (χ0n) is 25.1. The molecule has 1 N–H and O–H groups in total. The van der Waals surface area contributed by atoms with Crippen LogP contribution in [-0.4, -0.2) is 40.6 Å². The predicted molar refractivity (Wildman–Crippen MR) is 173 cm³/mol. The van der Waals surface area contributed by atoms with Crippen molar-refractivity contribution in [2.24, 2.45) is 0 Å². The molecule has 0 saturated carbocycles. The standard InChI is InChI=1S/C37H34N6O/c1-25-4-10-38-31(16-25)34-19-28(7-13-41-34)22-37(44,23-29-8-14-42-35(20-29)32-17-26(2)5-11-39-32)24-30-9-15-43-36(21-30)33-18-27(3)6-12-40-33/h4-21,44H,22-24H2,1-3H3. The Kier molecular flexibility index (Phi) is 8.30. The Balaban J connectivity index is 1.35. The second kappa shape index (κ2) is 12.6. The number of hydrogen-bond donors (Lipinski definition) is 1. The first-order valence-corrected chi connectivity index (χ1v) is 14.7. The molecule has 218 valence electrons. The van der Waals surface area contributed by atoms with E-state index < -0.39 is 5.60 Å². The molecular weight excluding hydrogens is 544 g/mol. The summed E-state index contributed by atoms with van der Waals surface area (Å²) in [6, 6.07) is 23.9. The second-order valence-electron chi connectivity index (χ2n) is 11.6. The number of aliphatic hydroxyl groups is 1. The van der Waals surface area contributed by atoms with Crippen molar-refractivity contribution in [1.29, 1.82) is 0 Å². The summed E-state index contributed by atoms with van der Waals surface area (Å²) in [6.45, 7) is 6.12. The van der Waals surface area contributed by atoms with E-state index in [0.717, 1.165) is 67.5 Å². The fourth-order valence-electron chi connectivity index (χ4n) is 5.53. The summed E-state index contributed by atoms with van der Waals surface area (Å²) in [5.74, 6) is 0. The Labute approximate surface area is 257 Å². The quantitative estimate of drug-likeness (QED) is 0.203. The lowest BCUT2D eigenvalue weighted by Crippen LogP contribution is -2.37. The van der Waals surface area contributed by atoms with Gasteiger partial charge in [0.15, 0.2) is 0 Å². The number of aryl methyl sites for hydroxylation is 3. The van der Waals surface area contributed by atoms with Crippen molar-refractivity contribution in [3.8, 4) is 34.2 Å². The van der Waals surface area contributed by atoms with Gasteiger partial charge in [-0.25, -0.2) is 0 Å². The van der Waals surface area contributed by atoms with E-state index in [4.69, 9.17) is 0 Å². The highest BCUT2D eigenvalue weighted by atomic mass is 16.3. The van der Waals surface area contributed by atoms with E-state index >= 15 is 0 Å². The van der Waals surface area contributed by atoms with Gasteiger partial charge in [-0.1, -0.05) is 0 Å². The van der Waals surface area contributed by atoms with Gasteiger partial charge >= 0.3 is 0 Å². The maximum absolute atomic E-state index is 12.5. The van der Waals surface area contributed by atoms with Gasteiger partial charge in [0.2, 0.25) is 0 Å². The van der Waals surface area contributed by atoms with E-state index in [1.165, 1.54) is 0 Å². The smallest absolute Gasteiger partial charge is 0.0888 e. The maximum Gasteiger partial charge on any atom is 0.0888 e. The minimum atomic E-state index is -1.13. The first-order valence-electron chi connectivity index (χ1n) is 14.7. The minimum absolute atomic E-state index is 0.412. The van der Waals surface area contributed by atoms with Crippen LogP contribution in [0, 0.1) is 20.8 Å². The Morgan fingerprint density at radius 3 is 0.932 bits per heavy atom. The Bertz CT molecular complexity index is 1700. The molecule has 6 heterocycles. The van der Waals surface area contributed by atoms with Gasteiger partial charge in [0, 0.05) is 56.4 Å². The Hall–Kier alpha value is -5.14. The number of nitrogens with zero attached hydrogens (tertiary/aromatic N) is 6. The van der Waals surface area contributed by atoms with E-state index in [1.807, 2.05) is 93.6 Å². The van der Waals surface area contributed by atoms with Crippen LogP contribution in [0.4, 0.5) is 0 Å². The van der Waals surface area contributed by atoms with Crippen LogP contribution in [0.3, 0.4) is 0 Å². The van der Waals surface area contributed by atoms with Crippen LogP contribution in [0.1, 0.15) is 33.4 Å². The zero-order chi connectivity index (χ0) is 30.5. The third-order valence-electron chi connectivity index (χ3n) is 7.61. The summed E-state index contributed by atoms with van der Waals surface area (Å²) in [4.78, 5) is 27.3. The molecule has 6 rings (SSSR count). The highest BCUT2D eigenvalue weighted by Gasteiger charge is 2.29. The summed E-state index contributed by atoms with van der Waals surface area (Å²) in [5, 5.41) is 12.5. The predicted octanol–water partition coefficient (Wildman–Crippen LogP) is 6.74. The van der Waals surface area contributed by atoms with Gasteiger partial charge in [-0.15, -0.1) is 0 Å². The van der Waals surface area contributed by atoms with Gasteiger partial charge in [-0.2, -0.15) is 0 Å². The number of rotatable bonds is 9. The summed E-state index contributed by atoms with van der Waals surface area (Å²) >= 11 is 0. The molecule has 0 aliphatic carbocycles. The summed E-state index contributed by atoms with van der Waals surface area (Å²) < 4.78 is 0. The molecule has 0 saturated heterocycles. The van der Waals surface area contributed by atoms with Crippen LogP contribution in [0.15, 0.2) is 110 Å².